The van der Waals surface area contributed by atoms with Crippen LogP contribution < -0.4 is 4.90 Å². The second-order valence-electron chi connectivity index (χ2n) is 8.64. The van der Waals surface area contributed by atoms with Crippen LogP contribution in [-0.2, 0) is 37.6 Å². The number of fused-ring (bicyclic) bond motifs is 1. The maximum atomic E-state index is 13.2. The molecular formula is C27H29N5OS. The third kappa shape index (κ3) is 4.94. The Kier molecular flexibility index (Phi) is 6.81. The molecule has 7 heteroatoms. The lowest BCUT2D eigenvalue weighted by Crippen LogP contribution is -2.36. The van der Waals surface area contributed by atoms with Gasteiger partial charge in [-0.05, 0) is 48.6 Å². The van der Waals surface area contributed by atoms with E-state index in [2.05, 4.69) is 61.8 Å². The second kappa shape index (κ2) is 10.3. The van der Waals surface area contributed by atoms with Crippen LogP contribution in [0, 0.1) is 0 Å². The van der Waals surface area contributed by atoms with Crippen molar-refractivity contribution in [2.24, 2.45) is 7.05 Å². The van der Waals surface area contributed by atoms with Crippen molar-refractivity contribution in [1.82, 2.24) is 19.3 Å². The first-order chi connectivity index (χ1) is 16.7. The highest BCUT2D eigenvalue weighted by Gasteiger charge is 2.23. The molecule has 0 fully saturated rings. The minimum absolute atomic E-state index is 0.124. The van der Waals surface area contributed by atoms with E-state index >= 15 is 0 Å². The summed E-state index contributed by atoms with van der Waals surface area (Å²) in [5.41, 5.74) is 4.76. The van der Waals surface area contributed by atoms with Crippen LogP contribution >= 0.6 is 11.8 Å². The fraction of sp³-hybridized carbons (Fsp3) is 0.296. The van der Waals surface area contributed by atoms with Crippen molar-refractivity contribution in [3.63, 3.8) is 0 Å². The first-order valence-corrected chi connectivity index (χ1v) is 12.7. The number of amides is 1. The van der Waals surface area contributed by atoms with Crippen molar-refractivity contribution in [3.8, 4) is 0 Å². The van der Waals surface area contributed by atoms with E-state index in [4.69, 9.17) is 0 Å². The first-order valence-electron chi connectivity index (χ1n) is 11.8. The van der Waals surface area contributed by atoms with E-state index in [0.29, 0.717) is 12.2 Å². The zero-order valence-electron chi connectivity index (χ0n) is 19.4. The van der Waals surface area contributed by atoms with Gasteiger partial charge in [-0.15, -0.1) is 10.2 Å². The average Bonchev–Trinajstić information content (AvgIpc) is 3.46. The van der Waals surface area contributed by atoms with E-state index in [1.165, 1.54) is 28.6 Å². The Morgan fingerprint density at radius 3 is 2.65 bits per heavy atom. The minimum Gasteiger partial charge on any atom is -0.354 e. The summed E-state index contributed by atoms with van der Waals surface area (Å²) in [7, 11) is 2.05. The summed E-state index contributed by atoms with van der Waals surface area (Å²) >= 11 is 1.49. The van der Waals surface area contributed by atoms with E-state index in [1.807, 2.05) is 42.4 Å². The number of hydrogen-bond donors (Lipinski definition) is 0. The van der Waals surface area contributed by atoms with Gasteiger partial charge in [0, 0.05) is 44.1 Å². The van der Waals surface area contributed by atoms with Crippen LogP contribution in [0.3, 0.4) is 0 Å². The standard InChI is InChI=1S/C27H29N5OS/c1-30-16-8-13-23(30)19-25-28-29-27(32(25)18-15-21-9-3-2-4-10-21)34-20-26(33)31-17-7-12-22-11-5-6-14-24(22)31/h2-6,8-11,13-14,16H,7,12,15,17-20H2,1H3. The maximum Gasteiger partial charge on any atom is 0.237 e. The van der Waals surface area contributed by atoms with Crippen LogP contribution in [0.5, 0.6) is 0 Å². The van der Waals surface area contributed by atoms with Gasteiger partial charge in [-0.25, -0.2) is 0 Å². The Bertz CT molecular complexity index is 1260. The summed E-state index contributed by atoms with van der Waals surface area (Å²) in [5, 5.41) is 9.83. The van der Waals surface area contributed by atoms with E-state index in [0.717, 1.165) is 49.0 Å². The SMILES string of the molecule is Cn1cccc1Cc1nnc(SCC(=O)N2CCCc3ccccc32)n1CCc1ccccc1. The minimum atomic E-state index is 0.124. The molecule has 0 N–H and O–H groups in total. The molecule has 0 radical (unpaired) electrons. The fourth-order valence-electron chi connectivity index (χ4n) is 4.51. The van der Waals surface area contributed by atoms with Gasteiger partial charge in [-0.2, -0.15) is 0 Å². The Morgan fingerprint density at radius 1 is 1.00 bits per heavy atom. The normalized spacial score (nSPS) is 13.1. The molecule has 34 heavy (non-hydrogen) atoms. The molecule has 174 valence electrons. The zero-order chi connectivity index (χ0) is 23.3. The number of rotatable bonds is 8. The largest absolute Gasteiger partial charge is 0.354 e. The molecule has 0 aliphatic carbocycles. The van der Waals surface area contributed by atoms with Gasteiger partial charge >= 0.3 is 0 Å². The number of para-hydroxylation sites is 1. The Balaban J connectivity index is 1.33. The highest BCUT2D eigenvalue weighted by molar-refractivity contribution is 7.99. The molecule has 1 amide bonds. The van der Waals surface area contributed by atoms with E-state index in [9.17, 15) is 4.79 Å². The third-order valence-electron chi connectivity index (χ3n) is 6.39. The number of nitrogens with zero attached hydrogens (tertiary/aromatic N) is 5. The van der Waals surface area contributed by atoms with Gasteiger partial charge in [0.25, 0.3) is 0 Å². The molecule has 2 aromatic heterocycles. The van der Waals surface area contributed by atoms with Gasteiger partial charge in [0.05, 0.1) is 5.75 Å². The predicted molar refractivity (Wildman–Crippen MR) is 136 cm³/mol. The Hall–Kier alpha value is -3.32. The molecule has 2 aromatic carbocycles. The molecule has 4 aromatic rings. The molecule has 0 atom stereocenters. The fourth-order valence-corrected chi connectivity index (χ4v) is 5.37. The molecule has 0 saturated carbocycles. The van der Waals surface area contributed by atoms with Gasteiger partial charge in [0.1, 0.15) is 5.82 Å². The van der Waals surface area contributed by atoms with Crippen LogP contribution in [0.4, 0.5) is 5.69 Å². The van der Waals surface area contributed by atoms with E-state index in [1.54, 1.807) is 0 Å². The quantitative estimate of drug-likeness (QED) is 0.355. The molecule has 0 saturated heterocycles. The predicted octanol–water partition coefficient (Wildman–Crippen LogP) is 4.52. The molecule has 1 aliphatic heterocycles. The number of benzene rings is 2. The van der Waals surface area contributed by atoms with Gasteiger partial charge in [-0.3, -0.25) is 4.79 Å². The van der Waals surface area contributed by atoms with Crippen molar-refractivity contribution in [1.29, 1.82) is 0 Å². The summed E-state index contributed by atoms with van der Waals surface area (Å²) in [4.78, 5) is 15.1. The molecule has 3 heterocycles. The zero-order valence-corrected chi connectivity index (χ0v) is 20.2. The average molecular weight is 472 g/mol. The molecule has 6 nitrogen and oxygen atoms in total. The first kappa shape index (κ1) is 22.5. The lowest BCUT2D eigenvalue weighted by atomic mass is 10.0. The van der Waals surface area contributed by atoms with E-state index < -0.39 is 0 Å². The van der Waals surface area contributed by atoms with Gasteiger partial charge in [0.15, 0.2) is 5.16 Å². The summed E-state index contributed by atoms with van der Waals surface area (Å²) < 4.78 is 4.29. The molecule has 5 rings (SSSR count). The van der Waals surface area contributed by atoms with Crippen molar-refractivity contribution in [2.75, 3.05) is 17.2 Å². The Morgan fingerprint density at radius 2 is 1.82 bits per heavy atom. The lowest BCUT2D eigenvalue weighted by Gasteiger charge is -2.29. The number of carbonyl (C=O) groups is 1. The molecular weight excluding hydrogens is 442 g/mol. The number of aryl methyl sites for hydroxylation is 3. The number of anilines is 1. The number of aromatic nitrogens is 4. The summed E-state index contributed by atoms with van der Waals surface area (Å²) in [6, 6.07) is 22.8. The van der Waals surface area contributed by atoms with Crippen LogP contribution in [0.2, 0.25) is 0 Å². The lowest BCUT2D eigenvalue weighted by molar-refractivity contribution is -0.116. The van der Waals surface area contributed by atoms with Crippen LogP contribution in [0.15, 0.2) is 78.1 Å². The molecule has 0 unspecified atom stereocenters. The van der Waals surface area contributed by atoms with Crippen molar-refractivity contribution in [3.05, 3.63) is 95.6 Å². The van der Waals surface area contributed by atoms with Gasteiger partial charge in [0.2, 0.25) is 5.91 Å². The second-order valence-corrected chi connectivity index (χ2v) is 9.58. The highest BCUT2D eigenvalue weighted by atomic mass is 32.2. The van der Waals surface area contributed by atoms with Crippen molar-refractivity contribution < 1.29 is 4.79 Å². The van der Waals surface area contributed by atoms with Gasteiger partial charge in [-0.1, -0.05) is 60.3 Å². The number of thioether (sulfide) groups is 1. The van der Waals surface area contributed by atoms with Crippen molar-refractivity contribution >= 4 is 23.4 Å². The molecule has 0 bridgehead atoms. The monoisotopic (exact) mass is 471 g/mol. The number of carbonyl (C=O) groups excluding carboxylic acids is 1. The molecule has 1 aliphatic rings. The maximum absolute atomic E-state index is 13.2. The summed E-state index contributed by atoms with van der Waals surface area (Å²) in [6.07, 6.45) is 5.68. The smallest absolute Gasteiger partial charge is 0.237 e. The Labute approximate surface area is 204 Å². The van der Waals surface area contributed by atoms with E-state index in [-0.39, 0.29) is 5.91 Å². The van der Waals surface area contributed by atoms with Gasteiger partial charge < -0.3 is 14.0 Å². The third-order valence-corrected chi connectivity index (χ3v) is 7.34. The highest BCUT2D eigenvalue weighted by Crippen LogP contribution is 2.28. The summed E-state index contributed by atoms with van der Waals surface area (Å²) in [6.45, 7) is 1.55. The van der Waals surface area contributed by atoms with Crippen molar-refractivity contribution in [2.45, 2.75) is 37.4 Å². The van der Waals surface area contributed by atoms with Crippen LogP contribution in [0.1, 0.15) is 29.1 Å². The van der Waals surface area contributed by atoms with Crippen LogP contribution in [-0.4, -0.2) is 37.5 Å². The molecule has 0 spiro atoms. The number of hydrogen-bond acceptors (Lipinski definition) is 4. The summed E-state index contributed by atoms with van der Waals surface area (Å²) in [5.74, 6) is 1.40. The van der Waals surface area contributed by atoms with Crippen LogP contribution in [0.25, 0.3) is 0 Å². The topological polar surface area (TPSA) is 56.0 Å².